The van der Waals surface area contributed by atoms with Crippen LogP contribution in [0.3, 0.4) is 0 Å². The largest absolute Gasteiger partial charge is 0.497 e. The van der Waals surface area contributed by atoms with Gasteiger partial charge >= 0.3 is 0 Å². The van der Waals surface area contributed by atoms with Gasteiger partial charge in [0, 0.05) is 37.6 Å². The van der Waals surface area contributed by atoms with E-state index in [2.05, 4.69) is 30.0 Å². The van der Waals surface area contributed by atoms with E-state index >= 15 is 0 Å². The predicted molar refractivity (Wildman–Crippen MR) is 116 cm³/mol. The van der Waals surface area contributed by atoms with Gasteiger partial charge in [0.25, 0.3) is 0 Å². The molecule has 1 fully saturated rings. The van der Waals surface area contributed by atoms with Crippen molar-refractivity contribution >= 4 is 23.4 Å². The Morgan fingerprint density at radius 1 is 1.04 bits per heavy atom. The van der Waals surface area contributed by atoms with Crippen molar-refractivity contribution in [2.24, 2.45) is 0 Å². The van der Waals surface area contributed by atoms with E-state index in [1.807, 2.05) is 35.2 Å². The summed E-state index contributed by atoms with van der Waals surface area (Å²) in [6.45, 7) is 5.93. The Kier molecular flexibility index (Phi) is 7.48. The van der Waals surface area contributed by atoms with Crippen molar-refractivity contribution in [1.82, 2.24) is 4.90 Å². The Hall–Kier alpha value is -2.34. The maximum absolute atomic E-state index is 12.4. The van der Waals surface area contributed by atoms with E-state index in [-0.39, 0.29) is 5.91 Å². The van der Waals surface area contributed by atoms with Crippen LogP contribution in [-0.4, -0.2) is 62.2 Å². The van der Waals surface area contributed by atoms with Crippen molar-refractivity contribution in [2.75, 3.05) is 56.3 Å². The van der Waals surface area contributed by atoms with Crippen molar-refractivity contribution < 1.29 is 14.3 Å². The number of aryl methyl sites for hydroxylation is 1. The molecule has 0 N–H and O–H groups in total. The molecule has 0 radical (unpaired) electrons. The first-order valence-corrected chi connectivity index (χ1v) is 10.7. The minimum Gasteiger partial charge on any atom is -0.497 e. The number of amides is 1. The number of rotatable bonds is 8. The molecule has 0 spiro atoms. The first-order valence-electron chi connectivity index (χ1n) is 9.60. The summed E-state index contributed by atoms with van der Waals surface area (Å²) in [7, 11) is 1.67. The quantitative estimate of drug-likeness (QED) is 0.635. The van der Waals surface area contributed by atoms with Gasteiger partial charge in [-0.15, -0.1) is 11.8 Å². The van der Waals surface area contributed by atoms with Crippen LogP contribution < -0.4 is 14.4 Å². The third-order valence-corrected chi connectivity index (χ3v) is 5.69. The second kappa shape index (κ2) is 10.3. The van der Waals surface area contributed by atoms with Gasteiger partial charge in [0.1, 0.15) is 11.5 Å². The highest BCUT2D eigenvalue weighted by molar-refractivity contribution is 7.99. The van der Waals surface area contributed by atoms with Gasteiger partial charge in [-0.3, -0.25) is 4.79 Å². The van der Waals surface area contributed by atoms with Crippen LogP contribution in [0.25, 0.3) is 0 Å². The molecule has 5 nitrogen and oxygen atoms in total. The maximum atomic E-state index is 12.4. The summed E-state index contributed by atoms with van der Waals surface area (Å²) < 4.78 is 10.9. The molecule has 1 amide bonds. The number of carbonyl (C=O) groups excluding carboxylic acids is 1. The van der Waals surface area contributed by atoms with Crippen LogP contribution in [0, 0.1) is 6.92 Å². The summed E-state index contributed by atoms with van der Waals surface area (Å²) in [5, 5.41) is 0. The number of thioether (sulfide) groups is 1. The molecule has 2 aromatic rings. The number of hydrogen-bond acceptors (Lipinski definition) is 5. The lowest BCUT2D eigenvalue weighted by atomic mass is 10.2. The topological polar surface area (TPSA) is 42.0 Å². The Labute approximate surface area is 171 Å². The van der Waals surface area contributed by atoms with E-state index in [1.165, 1.54) is 11.3 Å². The number of benzene rings is 2. The summed E-state index contributed by atoms with van der Waals surface area (Å²) in [4.78, 5) is 16.7. The molecule has 0 saturated carbocycles. The van der Waals surface area contributed by atoms with E-state index in [0.29, 0.717) is 12.4 Å². The van der Waals surface area contributed by atoms with Crippen LogP contribution in [-0.2, 0) is 4.79 Å². The molecule has 3 rings (SSSR count). The number of methoxy groups -OCH3 is 1. The van der Waals surface area contributed by atoms with E-state index in [9.17, 15) is 4.79 Å². The molecule has 2 aromatic carbocycles. The third-order valence-electron chi connectivity index (χ3n) is 4.78. The summed E-state index contributed by atoms with van der Waals surface area (Å²) in [5.74, 6) is 3.29. The first kappa shape index (κ1) is 20.4. The SMILES string of the molecule is COc1ccc(N2CCN(C(=O)CSCCOc3cccc(C)c3)CC2)cc1. The van der Waals surface area contributed by atoms with Gasteiger partial charge in [-0.05, 0) is 48.9 Å². The van der Waals surface area contributed by atoms with E-state index in [0.717, 1.165) is 43.4 Å². The van der Waals surface area contributed by atoms with Crippen LogP contribution in [0.15, 0.2) is 48.5 Å². The van der Waals surface area contributed by atoms with Gasteiger partial charge in [0.2, 0.25) is 5.91 Å². The lowest BCUT2D eigenvalue weighted by Gasteiger charge is -2.36. The molecule has 6 heteroatoms. The zero-order valence-corrected chi connectivity index (χ0v) is 17.4. The fourth-order valence-corrected chi connectivity index (χ4v) is 3.88. The molecule has 150 valence electrons. The highest BCUT2D eigenvalue weighted by Crippen LogP contribution is 2.21. The van der Waals surface area contributed by atoms with E-state index in [4.69, 9.17) is 9.47 Å². The summed E-state index contributed by atoms with van der Waals surface area (Å²) in [5.41, 5.74) is 2.37. The van der Waals surface area contributed by atoms with Crippen molar-refractivity contribution in [3.8, 4) is 11.5 Å². The molecule has 0 atom stereocenters. The monoisotopic (exact) mass is 400 g/mol. The fraction of sp³-hybridized carbons (Fsp3) is 0.409. The van der Waals surface area contributed by atoms with E-state index < -0.39 is 0 Å². The van der Waals surface area contributed by atoms with Gasteiger partial charge < -0.3 is 19.3 Å². The van der Waals surface area contributed by atoms with Gasteiger partial charge in [-0.2, -0.15) is 0 Å². The number of hydrogen-bond donors (Lipinski definition) is 0. The zero-order chi connectivity index (χ0) is 19.8. The molecule has 0 bridgehead atoms. The molecule has 1 heterocycles. The molecular formula is C22H28N2O3S. The van der Waals surface area contributed by atoms with Crippen molar-refractivity contribution in [3.05, 3.63) is 54.1 Å². The minimum atomic E-state index is 0.218. The van der Waals surface area contributed by atoms with Crippen LogP contribution in [0.4, 0.5) is 5.69 Å². The first-order chi connectivity index (χ1) is 13.7. The van der Waals surface area contributed by atoms with Gasteiger partial charge in [-0.1, -0.05) is 12.1 Å². The second-order valence-electron chi connectivity index (χ2n) is 6.78. The Morgan fingerprint density at radius 3 is 2.46 bits per heavy atom. The summed E-state index contributed by atoms with van der Waals surface area (Å²) in [6.07, 6.45) is 0. The Morgan fingerprint density at radius 2 is 1.79 bits per heavy atom. The Balaban J connectivity index is 1.33. The van der Waals surface area contributed by atoms with Gasteiger partial charge in [0.15, 0.2) is 0 Å². The number of piperazine rings is 1. The summed E-state index contributed by atoms with van der Waals surface area (Å²) in [6, 6.07) is 16.1. The average molecular weight is 401 g/mol. The van der Waals surface area contributed by atoms with Crippen molar-refractivity contribution in [3.63, 3.8) is 0 Å². The third kappa shape index (κ3) is 5.83. The summed E-state index contributed by atoms with van der Waals surface area (Å²) >= 11 is 1.64. The molecule has 0 unspecified atom stereocenters. The van der Waals surface area contributed by atoms with Crippen LogP contribution in [0.5, 0.6) is 11.5 Å². The lowest BCUT2D eigenvalue weighted by Crippen LogP contribution is -2.49. The number of carbonyl (C=O) groups is 1. The van der Waals surface area contributed by atoms with Crippen molar-refractivity contribution in [2.45, 2.75) is 6.92 Å². The van der Waals surface area contributed by atoms with Crippen LogP contribution in [0.2, 0.25) is 0 Å². The minimum absolute atomic E-state index is 0.218. The highest BCUT2D eigenvalue weighted by atomic mass is 32.2. The maximum Gasteiger partial charge on any atom is 0.232 e. The fourth-order valence-electron chi connectivity index (χ4n) is 3.18. The molecule has 0 aliphatic carbocycles. The predicted octanol–water partition coefficient (Wildman–Crippen LogP) is 3.46. The van der Waals surface area contributed by atoms with Gasteiger partial charge in [0.05, 0.1) is 19.5 Å². The Bertz CT molecular complexity index is 759. The molecule has 1 aliphatic rings. The molecule has 28 heavy (non-hydrogen) atoms. The lowest BCUT2D eigenvalue weighted by molar-refractivity contribution is -0.128. The van der Waals surface area contributed by atoms with E-state index in [1.54, 1.807) is 18.9 Å². The van der Waals surface area contributed by atoms with Crippen LogP contribution >= 0.6 is 11.8 Å². The molecular weight excluding hydrogens is 372 g/mol. The normalized spacial score (nSPS) is 14.1. The second-order valence-corrected chi connectivity index (χ2v) is 7.89. The van der Waals surface area contributed by atoms with Crippen molar-refractivity contribution in [1.29, 1.82) is 0 Å². The van der Waals surface area contributed by atoms with Crippen LogP contribution in [0.1, 0.15) is 5.56 Å². The molecule has 0 aromatic heterocycles. The molecule has 1 saturated heterocycles. The molecule has 1 aliphatic heterocycles. The van der Waals surface area contributed by atoms with Gasteiger partial charge in [-0.25, -0.2) is 0 Å². The number of anilines is 1. The number of nitrogens with zero attached hydrogens (tertiary/aromatic N) is 2. The number of ether oxygens (including phenoxy) is 2. The highest BCUT2D eigenvalue weighted by Gasteiger charge is 2.21. The smallest absolute Gasteiger partial charge is 0.232 e. The average Bonchev–Trinajstić information content (AvgIpc) is 2.73. The standard InChI is InChI=1S/C22H28N2O3S/c1-18-4-3-5-21(16-18)27-14-15-28-17-22(25)24-12-10-23(11-13-24)19-6-8-20(26-2)9-7-19/h3-9,16H,10-15,17H2,1-2H3. The zero-order valence-electron chi connectivity index (χ0n) is 16.6.